The minimum absolute atomic E-state index is 0.657. The van der Waals surface area contributed by atoms with E-state index < -0.39 is 0 Å². The van der Waals surface area contributed by atoms with Crippen LogP contribution in [0.15, 0.2) is 35.7 Å². The van der Waals surface area contributed by atoms with Crippen molar-refractivity contribution in [1.29, 1.82) is 0 Å². The molecule has 0 atom stereocenters. The van der Waals surface area contributed by atoms with Crippen molar-refractivity contribution in [2.75, 3.05) is 12.8 Å². The lowest BCUT2D eigenvalue weighted by molar-refractivity contribution is 0.418. The number of nitrogens with two attached hydrogens (primary N) is 1. The average molecular weight is 299 g/mol. The molecule has 0 fully saturated rings. The lowest BCUT2D eigenvalue weighted by atomic mass is 10.0. The topological polar surface area (TPSA) is 53.1 Å². The van der Waals surface area contributed by atoms with E-state index in [-0.39, 0.29) is 0 Å². The van der Waals surface area contributed by atoms with Crippen LogP contribution in [0.2, 0.25) is 0 Å². The molecule has 4 nitrogen and oxygen atoms in total. The second-order valence-corrected chi connectivity index (χ2v) is 5.83. The monoisotopic (exact) mass is 299 g/mol. The molecule has 0 radical (unpaired) electrons. The molecular weight excluding hydrogens is 282 g/mol. The Kier molecular flexibility index (Phi) is 3.43. The highest BCUT2D eigenvalue weighted by Crippen LogP contribution is 2.42. The highest BCUT2D eigenvalue weighted by molar-refractivity contribution is 7.14. The van der Waals surface area contributed by atoms with Crippen molar-refractivity contribution in [3.63, 3.8) is 0 Å². The Bertz CT molecular complexity index is 771. The fourth-order valence-corrected chi connectivity index (χ4v) is 3.18. The van der Waals surface area contributed by atoms with Gasteiger partial charge in [-0.3, -0.25) is 4.68 Å². The molecule has 0 aliphatic carbocycles. The zero-order chi connectivity index (χ0) is 15.0. The molecule has 0 spiro atoms. The molecular formula is C16H17N3OS. The van der Waals surface area contributed by atoms with Crippen LogP contribution in [-0.4, -0.2) is 16.9 Å². The highest BCUT2D eigenvalue weighted by Gasteiger charge is 2.21. The van der Waals surface area contributed by atoms with E-state index in [4.69, 9.17) is 10.5 Å². The molecule has 3 aromatic rings. The Morgan fingerprint density at radius 1 is 1.19 bits per heavy atom. The van der Waals surface area contributed by atoms with E-state index in [1.807, 2.05) is 18.5 Å². The predicted molar refractivity (Wildman–Crippen MR) is 87.7 cm³/mol. The standard InChI is InChI=1S/C16H17N3OS/c1-10-4-6-11(7-5-10)13-14(18-19(2)16(13)17)15-12(20-3)8-9-21-15/h4-9H,17H2,1-3H3. The number of aryl methyl sites for hydroxylation is 2. The van der Waals surface area contributed by atoms with E-state index in [0.717, 1.165) is 27.4 Å². The predicted octanol–water partition coefficient (Wildman–Crippen LogP) is 3.71. The number of rotatable bonds is 3. The molecule has 3 rings (SSSR count). The van der Waals surface area contributed by atoms with Gasteiger partial charge in [0.05, 0.1) is 17.6 Å². The molecule has 0 saturated carbocycles. The molecule has 2 heterocycles. The first kappa shape index (κ1) is 13.7. The van der Waals surface area contributed by atoms with Crippen molar-refractivity contribution in [3.8, 4) is 27.4 Å². The third kappa shape index (κ3) is 2.29. The largest absolute Gasteiger partial charge is 0.495 e. The van der Waals surface area contributed by atoms with Crippen molar-refractivity contribution in [2.45, 2.75) is 6.92 Å². The Hall–Kier alpha value is -2.27. The Labute approximate surface area is 127 Å². The third-order valence-corrected chi connectivity index (χ3v) is 4.40. The van der Waals surface area contributed by atoms with Gasteiger partial charge in [-0.05, 0) is 23.9 Å². The zero-order valence-corrected chi connectivity index (χ0v) is 13.1. The van der Waals surface area contributed by atoms with Crippen molar-refractivity contribution in [2.24, 2.45) is 7.05 Å². The number of nitrogens with zero attached hydrogens (tertiary/aromatic N) is 2. The smallest absolute Gasteiger partial charge is 0.139 e. The second-order valence-electron chi connectivity index (χ2n) is 4.92. The van der Waals surface area contributed by atoms with Crippen LogP contribution in [0.5, 0.6) is 5.75 Å². The molecule has 0 saturated heterocycles. The second kappa shape index (κ2) is 5.26. The fourth-order valence-electron chi connectivity index (χ4n) is 2.33. The van der Waals surface area contributed by atoms with E-state index in [9.17, 15) is 0 Å². The summed E-state index contributed by atoms with van der Waals surface area (Å²) in [6, 6.07) is 10.3. The molecule has 5 heteroatoms. The van der Waals surface area contributed by atoms with Gasteiger partial charge in [0.15, 0.2) is 0 Å². The quantitative estimate of drug-likeness (QED) is 0.802. The van der Waals surface area contributed by atoms with Gasteiger partial charge in [0.25, 0.3) is 0 Å². The first-order chi connectivity index (χ1) is 10.1. The minimum atomic E-state index is 0.657. The Morgan fingerprint density at radius 2 is 1.90 bits per heavy atom. The zero-order valence-electron chi connectivity index (χ0n) is 12.3. The molecule has 2 aromatic heterocycles. The van der Waals surface area contributed by atoms with Crippen molar-refractivity contribution in [1.82, 2.24) is 9.78 Å². The number of thiophene rings is 1. The highest BCUT2D eigenvalue weighted by atomic mass is 32.1. The van der Waals surface area contributed by atoms with Crippen LogP contribution in [0.4, 0.5) is 5.82 Å². The molecule has 0 aliphatic heterocycles. The van der Waals surface area contributed by atoms with E-state index in [1.165, 1.54) is 5.56 Å². The number of nitrogen functional groups attached to an aromatic ring is 1. The molecule has 2 N–H and O–H groups in total. The van der Waals surface area contributed by atoms with Crippen molar-refractivity contribution < 1.29 is 4.74 Å². The number of methoxy groups -OCH3 is 1. The summed E-state index contributed by atoms with van der Waals surface area (Å²) in [5.41, 5.74) is 10.3. The van der Waals surface area contributed by atoms with E-state index in [1.54, 1.807) is 23.1 Å². The number of hydrogen-bond donors (Lipinski definition) is 1. The maximum absolute atomic E-state index is 6.24. The van der Waals surface area contributed by atoms with E-state index in [0.29, 0.717) is 5.82 Å². The molecule has 21 heavy (non-hydrogen) atoms. The summed E-state index contributed by atoms with van der Waals surface area (Å²) in [6.45, 7) is 2.07. The van der Waals surface area contributed by atoms with Gasteiger partial charge >= 0.3 is 0 Å². The maximum atomic E-state index is 6.24. The molecule has 1 aromatic carbocycles. The number of benzene rings is 1. The summed E-state index contributed by atoms with van der Waals surface area (Å²) < 4.78 is 7.13. The summed E-state index contributed by atoms with van der Waals surface area (Å²) in [4.78, 5) is 1.00. The normalized spacial score (nSPS) is 10.8. The summed E-state index contributed by atoms with van der Waals surface area (Å²) >= 11 is 1.60. The lowest BCUT2D eigenvalue weighted by Gasteiger charge is -2.05. The lowest BCUT2D eigenvalue weighted by Crippen LogP contribution is -1.97. The first-order valence-electron chi connectivity index (χ1n) is 6.63. The van der Waals surface area contributed by atoms with Crippen molar-refractivity contribution >= 4 is 17.2 Å². The van der Waals surface area contributed by atoms with Crippen LogP contribution in [0.25, 0.3) is 21.7 Å². The fraction of sp³-hybridized carbons (Fsp3) is 0.188. The van der Waals surface area contributed by atoms with Crippen LogP contribution in [-0.2, 0) is 7.05 Å². The van der Waals surface area contributed by atoms with Crippen LogP contribution in [0.3, 0.4) is 0 Å². The number of ether oxygens (including phenoxy) is 1. The Balaban J connectivity index is 2.23. The van der Waals surface area contributed by atoms with Gasteiger partial charge in [-0.1, -0.05) is 29.8 Å². The van der Waals surface area contributed by atoms with Crippen molar-refractivity contribution in [3.05, 3.63) is 41.3 Å². The maximum Gasteiger partial charge on any atom is 0.139 e. The van der Waals surface area contributed by atoms with Crippen LogP contribution < -0.4 is 10.5 Å². The van der Waals surface area contributed by atoms with Crippen LogP contribution >= 0.6 is 11.3 Å². The van der Waals surface area contributed by atoms with E-state index in [2.05, 4.69) is 36.3 Å². The van der Waals surface area contributed by atoms with Gasteiger partial charge in [0.2, 0.25) is 0 Å². The first-order valence-corrected chi connectivity index (χ1v) is 7.51. The molecule has 0 bridgehead atoms. The van der Waals surface area contributed by atoms with Gasteiger partial charge in [-0.2, -0.15) is 5.10 Å². The van der Waals surface area contributed by atoms with Gasteiger partial charge in [0, 0.05) is 7.05 Å². The molecule has 0 unspecified atom stereocenters. The summed E-state index contributed by atoms with van der Waals surface area (Å²) in [7, 11) is 3.53. The third-order valence-electron chi connectivity index (χ3n) is 3.50. The number of aromatic nitrogens is 2. The van der Waals surface area contributed by atoms with Gasteiger partial charge in [0.1, 0.15) is 17.3 Å². The summed E-state index contributed by atoms with van der Waals surface area (Å²) in [5, 5.41) is 6.58. The number of hydrogen-bond acceptors (Lipinski definition) is 4. The summed E-state index contributed by atoms with van der Waals surface area (Å²) in [6.07, 6.45) is 0. The SMILES string of the molecule is COc1ccsc1-c1nn(C)c(N)c1-c1ccc(C)cc1. The van der Waals surface area contributed by atoms with E-state index >= 15 is 0 Å². The molecule has 0 amide bonds. The van der Waals surface area contributed by atoms with Crippen LogP contribution in [0, 0.1) is 6.92 Å². The average Bonchev–Trinajstić information content (AvgIpc) is 3.06. The van der Waals surface area contributed by atoms with Crippen LogP contribution in [0.1, 0.15) is 5.56 Å². The molecule has 0 aliphatic rings. The van der Waals surface area contributed by atoms with Gasteiger partial charge < -0.3 is 10.5 Å². The van der Waals surface area contributed by atoms with Gasteiger partial charge in [-0.15, -0.1) is 11.3 Å². The molecule has 108 valence electrons. The Morgan fingerprint density at radius 3 is 2.57 bits per heavy atom. The minimum Gasteiger partial charge on any atom is -0.495 e. The summed E-state index contributed by atoms with van der Waals surface area (Å²) in [5.74, 6) is 1.48. The number of anilines is 1. The van der Waals surface area contributed by atoms with Gasteiger partial charge in [-0.25, -0.2) is 0 Å².